The van der Waals surface area contributed by atoms with Crippen LogP contribution < -0.4 is 16.0 Å². The zero-order chi connectivity index (χ0) is 24.5. The standard InChI is InChI=1S/C23H21FN10O/c1-12-28-21(26-3)32-22(29-12)34-18-11-14(13-4-6-15(16(24)10-13)20(35)25-2)5-7-17(18)30-23(34)31-19-8-9-27-33-19/h4-11H,1-3H3,(H,25,35)(H,26,28,29,32)(H2,27,30,31,33). The van der Waals surface area contributed by atoms with E-state index in [2.05, 4.69) is 41.1 Å². The number of hydrogen-bond acceptors (Lipinski definition) is 8. The molecule has 0 bridgehead atoms. The first-order valence-corrected chi connectivity index (χ1v) is 10.7. The molecule has 4 N–H and O–H groups in total. The molecule has 0 spiro atoms. The zero-order valence-electron chi connectivity index (χ0n) is 19.1. The van der Waals surface area contributed by atoms with E-state index in [0.29, 0.717) is 46.1 Å². The number of carbonyl (C=O) groups excluding carboxylic acids is 1. The van der Waals surface area contributed by atoms with Gasteiger partial charge in [0.15, 0.2) is 0 Å². The molecule has 0 fully saturated rings. The summed E-state index contributed by atoms with van der Waals surface area (Å²) in [6.07, 6.45) is 1.62. The van der Waals surface area contributed by atoms with Gasteiger partial charge in [0, 0.05) is 20.2 Å². The van der Waals surface area contributed by atoms with Crippen molar-refractivity contribution >= 4 is 34.7 Å². The Morgan fingerprint density at radius 2 is 1.80 bits per heavy atom. The molecule has 0 saturated heterocycles. The molecule has 5 rings (SSSR count). The van der Waals surface area contributed by atoms with Crippen LogP contribution in [0.2, 0.25) is 0 Å². The predicted octanol–water partition coefficient (Wildman–Crippen LogP) is 3.19. The highest BCUT2D eigenvalue weighted by Crippen LogP contribution is 2.30. The van der Waals surface area contributed by atoms with Crippen LogP contribution in [0.3, 0.4) is 0 Å². The molecule has 176 valence electrons. The number of aromatic amines is 1. The number of amides is 1. The molecule has 2 aromatic carbocycles. The predicted molar refractivity (Wildman–Crippen MR) is 129 cm³/mol. The number of nitrogens with zero attached hydrogens (tertiary/aromatic N) is 6. The van der Waals surface area contributed by atoms with Gasteiger partial charge in [0.2, 0.25) is 17.8 Å². The number of rotatable bonds is 6. The highest BCUT2D eigenvalue weighted by molar-refractivity contribution is 5.95. The molecule has 0 aliphatic heterocycles. The number of fused-ring (bicyclic) bond motifs is 1. The van der Waals surface area contributed by atoms with Crippen molar-refractivity contribution in [2.75, 3.05) is 24.7 Å². The van der Waals surface area contributed by atoms with Gasteiger partial charge in [0.1, 0.15) is 17.5 Å². The Kier molecular flexibility index (Phi) is 5.53. The first-order valence-electron chi connectivity index (χ1n) is 10.7. The maximum Gasteiger partial charge on any atom is 0.253 e. The third-order valence-corrected chi connectivity index (χ3v) is 5.33. The van der Waals surface area contributed by atoms with E-state index in [-0.39, 0.29) is 5.56 Å². The van der Waals surface area contributed by atoms with Crippen molar-refractivity contribution in [1.29, 1.82) is 0 Å². The van der Waals surface area contributed by atoms with Crippen molar-refractivity contribution in [2.24, 2.45) is 0 Å². The van der Waals surface area contributed by atoms with Crippen LogP contribution in [0, 0.1) is 12.7 Å². The number of benzene rings is 2. The number of halogens is 1. The second-order valence-electron chi connectivity index (χ2n) is 7.60. The number of nitrogens with one attached hydrogen (secondary N) is 4. The number of anilines is 3. The molecule has 1 amide bonds. The lowest BCUT2D eigenvalue weighted by Crippen LogP contribution is -2.19. The normalized spacial score (nSPS) is 11.0. The van der Waals surface area contributed by atoms with E-state index in [9.17, 15) is 9.18 Å². The molecule has 0 aliphatic rings. The number of hydrogen-bond donors (Lipinski definition) is 4. The highest BCUT2D eigenvalue weighted by atomic mass is 19.1. The van der Waals surface area contributed by atoms with Crippen LogP contribution in [0.5, 0.6) is 0 Å². The van der Waals surface area contributed by atoms with Crippen LogP contribution in [0.1, 0.15) is 16.2 Å². The van der Waals surface area contributed by atoms with Crippen molar-refractivity contribution in [3.8, 4) is 17.1 Å². The van der Waals surface area contributed by atoms with Crippen LogP contribution in [0.15, 0.2) is 48.7 Å². The molecule has 11 nitrogen and oxygen atoms in total. The number of aryl methyl sites for hydroxylation is 1. The Morgan fingerprint density at radius 3 is 2.51 bits per heavy atom. The second kappa shape index (κ2) is 8.82. The van der Waals surface area contributed by atoms with E-state index >= 15 is 0 Å². The summed E-state index contributed by atoms with van der Waals surface area (Å²) in [6, 6.07) is 11.8. The molecule has 35 heavy (non-hydrogen) atoms. The van der Waals surface area contributed by atoms with Crippen LogP contribution in [-0.4, -0.2) is 54.7 Å². The minimum Gasteiger partial charge on any atom is -0.357 e. The molecule has 0 unspecified atom stereocenters. The number of carbonyl (C=O) groups is 1. The fourth-order valence-corrected chi connectivity index (χ4v) is 3.68. The Hall–Kier alpha value is -4.87. The number of imidazole rings is 1. The van der Waals surface area contributed by atoms with Crippen molar-refractivity contribution < 1.29 is 9.18 Å². The third kappa shape index (κ3) is 4.12. The van der Waals surface area contributed by atoms with Gasteiger partial charge in [-0.25, -0.2) is 13.9 Å². The quantitative estimate of drug-likeness (QED) is 0.296. The molecule has 12 heteroatoms. The summed E-state index contributed by atoms with van der Waals surface area (Å²) in [7, 11) is 3.19. The summed E-state index contributed by atoms with van der Waals surface area (Å²) in [4.78, 5) is 29.9. The van der Waals surface area contributed by atoms with Crippen LogP contribution >= 0.6 is 0 Å². The smallest absolute Gasteiger partial charge is 0.253 e. The van der Waals surface area contributed by atoms with Gasteiger partial charge in [-0.1, -0.05) is 12.1 Å². The van der Waals surface area contributed by atoms with Crippen LogP contribution in [0.4, 0.5) is 22.1 Å². The lowest BCUT2D eigenvalue weighted by molar-refractivity contribution is 0.0959. The highest BCUT2D eigenvalue weighted by Gasteiger charge is 2.18. The summed E-state index contributed by atoms with van der Waals surface area (Å²) in [5.74, 6) is 1.28. The van der Waals surface area contributed by atoms with Crippen LogP contribution in [0.25, 0.3) is 28.1 Å². The van der Waals surface area contributed by atoms with E-state index in [1.807, 2.05) is 18.2 Å². The topological polar surface area (TPSA) is 138 Å². The largest absolute Gasteiger partial charge is 0.357 e. The van der Waals surface area contributed by atoms with Gasteiger partial charge in [-0.2, -0.15) is 20.1 Å². The summed E-state index contributed by atoms with van der Waals surface area (Å²) in [5.41, 5.74) is 2.67. The Bertz CT molecular complexity index is 1540. The first-order chi connectivity index (χ1) is 17.0. The Labute approximate surface area is 198 Å². The van der Waals surface area contributed by atoms with E-state index in [1.54, 1.807) is 36.9 Å². The fraction of sp³-hybridized carbons (Fsp3) is 0.130. The fourth-order valence-electron chi connectivity index (χ4n) is 3.68. The molecule has 5 aromatic rings. The molecule has 0 radical (unpaired) electrons. The number of aromatic nitrogens is 7. The molecule has 0 aliphatic carbocycles. The lowest BCUT2D eigenvalue weighted by Gasteiger charge is -2.11. The van der Waals surface area contributed by atoms with E-state index in [0.717, 1.165) is 5.56 Å². The van der Waals surface area contributed by atoms with Gasteiger partial charge in [-0.3, -0.25) is 9.89 Å². The zero-order valence-corrected chi connectivity index (χ0v) is 19.1. The Morgan fingerprint density at radius 1 is 1.00 bits per heavy atom. The van der Waals surface area contributed by atoms with E-state index in [4.69, 9.17) is 4.98 Å². The van der Waals surface area contributed by atoms with E-state index in [1.165, 1.54) is 19.2 Å². The first kappa shape index (κ1) is 21.9. The van der Waals surface area contributed by atoms with Gasteiger partial charge in [0.25, 0.3) is 5.91 Å². The molecule has 3 heterocycles. The summed E-state index contributed by atoms with van der Waals surface area (Å²) in [5, 5.41) is 15.4. The molecule has 0 saturated carbocycles. The van der Waals surface area contributed by atoms with E-state index < -0.39 is 11.7 Å². The minimum atomic E-state index is -0.608. The summed E-state index contributed by atoms with van der Waals surface area (Å²) < 4.78 is 16.4. The lowest BCUT2D eigenvalue weighted by atomic mass is 10.0. The summed E-state index contributed by atoms with van der Waals surface area (Å²) in [6.45, 7) is 1.77. The van der Waals surface area contributed by atoms with Crippen molar-refractivity contribution in [2.45, 2.75) is 6.92 Å². The monoisotopic (exact) mass is 472 g/mol. The average Bonchev–Trinajstić information content (AvgIpc) is 3.50. The minimum absolute atomic E-state index is 0.0198. The maximum atomic E-state index is 14.6. The van der Waals surface area contributed by atoms with Gasteiger partial charge in [0.05, 0.1) is 22.8 Å². The van der Waals surface area contributed by atoms with Crippen molar-refractivity contribution in [3.63, 3.8) is 0 Å². The van der Waals surface area contributed by atoms with Gasteiger partial charge in [-0.05, 0) is 42.3 Å². The SMILES string of the molecule is CNC(=O)c1ccc(-c2ccc3nc(Nc4ccn[nH]4)n(-c4nc(C)nc(NC)n4)c3c2)cc1F. The van der Waals surface area contributed by atoms with Crippen molar-refractivity contribution in [1.82, 2.24) is 40.0 Å². The van der Waals surface area contributed by atoms with Crippen LogP contribution in [-0.2, 0) is 0 Å². The molecular weight excluding hydrogens is 451 g/mol. The summed E-state index contributed by atoms with van der Waals surface area (Å²) >= 11 is 0. The molecule has 0 atom stereocenters. The Balaban J connectivity index is 1.68. The third-order valence-electron chi connectivity index (χ3n) is 5.33. The molecule has 3 aromatic heterocycles. The van der Waals surface area contributed by atoms with Gasteiger partial charge < -0.3 is 16.0 Å². The van der Waals surface area contributed by atoms with Gasteiger partial charge >= 0.3 is 0 Å². The second-order valence-corrected chi connectivity index (χ2v) is 7.60. The maximum absolute atomic E-state index is 14.6. The number of H-pyrrole nitrogens is 1. The van der Waals surface area contributed by atoms with Gasteiger partial charge in [-0.15, -0.1) is 0 Å². The van der Waals surface area contributed by atoms with Crippen molar-refractivity contribution in [3.05, 3.63) is 65.9 Å². The average molecular weight is 472 g/mol. The molecular formula is C23H21FN10O.